The molecule has 0 radical (unpaired) electrons. The average molecular weight is 237 g/mol. The fourth-order valence-electron chi connectivity index (χ4n) is 2.59. The number of hydrogen-bond donors (Lipinski definition) is 1. The molecule has 2 rings (SSSR count). The first-order valence-electron chi connectivity index (χ1n) is 6.39. The quantitative estimate of drug-likeness (QED) is 0.824. The molecule has 1 N–H and O–H groups in total. The maximum atomic E-state index is 3.71. The molecular formula is C14H23NS. The van der Waals surface area contributed by atoms with Crippen LogP contribution in [0.15, 0.2) is 12.1 Å². The second-order valence-electron chi connectivity index (χ2n) is 5.57. The molecule has 0 aromatic carbocycles. The molecule has 1 aliphatic rings. The molecule has 1 fully saturated rings. The van der Waals surface area contributed by atoms with Crippen LogP contribution in [0.3, 0.4) is 0 Å². The lowest BCUT2D eigenvalue weighted by Gasteiger charge is -2.26. The van der Waals surface area contributed by atoms with E-state index in [1.807, 2.05) is 11.3 Å². The maximum absolute atomic E-state index is 3.71. The topological polar surface area (TPSA) is 12.0 Å². The third kappa shape index (κ3) is 2.86. The zero-order valence-corrected chi connectivity index (χ0v) is 11.5. The third-order valence-corrected chi connectivity index (χ3v) is 5.02. The van der Waals surface area contributed by atoms with E-state index in [9.17, 15) is 0 Å². The highest BCUT2D eigenvalue weighted by molar-refractivity contribution is 7.12. The third-order valence-electron chi connectivity index (χ3n) is 3.83. The summed E-state index contributed by atoms with van der Waals surface area (Å²) < 4.78 is 0. The van der Waals surface area contributed by atoms with Crippen molar-refractivity contribution in [3.63, 3.8) is 0 Å². The van der Waals surface area contributed by atoms with Crippen molar-refractivity contribution in [1.82, 2.24) is 5.32 Å². The van der Waals surface area contributed by atoms with Gasteiger partial charge in [-0.15, -0.1) is 11.3 Å². The Morgan fingerprint density at radius 2 is 2.06 bits per heavy atom. The molecule has 1 atom stereocenters. The van der Waals surface area contributed by atoms with Crippen LogP contribution in [-0.2, 0) is 0 Å². The molecule has 1 heterocycles. The number of aryl methyl sites for hydroxylation is 1. The van der Waals surface area contributed by atoms with Crippen molar-refractivity contribution >= 4 is 11.3 Å². The Balaban J connectivity index is 1.86. The molecule has 16 heavy (non-hydrogen) atoms. The van der Waals surface area contributed by atoms with Gasteiger partial charge in [0.1, 0.15) is 0 Å². The summed E-state index contributed by atoms with van der Waals surface area (Å²) >= 11 is 1.91. The summed E-state index contributed by atoms with van der Waals surface area (Å²) in [5.41, 5.74) is 0.556. The Labute approximate surface area is 103 Å². The van der Waals surface area contributed by atoms with E-state index < -0.39 is 0 Å². The van der Waals surface area contributed by atoms with Crippen LogP contribution >= 0.6 is 11.3 Å². The zero-order chi connectivity index (χ0) is 11.6. The van der Waals surface area contributed by atoms with Gasteiger partial charge in [-0.2, -0.15) is 0 Å². The van der Waals surface area contributed by atoms with Gasteiger partial charge in [0.25, 0.3) is 0 Å². The Morgan fingerprint density at radius 3 is 2.62 bits per heavy atom. The lowest BCUT2D eigenvalue weighted by molar-refractivity contribution is 0.302. The van der Waals surface area contributed by atoms with E-state index in [-0.39, 0.29) is 0 Å². The van der Waals surface area contributed by atoms with Gasteiger partial charge < -0.3 is 5.32 Å². The fourth-order valence-corrected chi connectivity index (χ4v) is 3.50. The molecule has 0 saturated heterocycles. The van der Waals surface area contributed by atoms with E-state index >= 15 is 0 Å². The molecule has 0 amide bonds. The van der Waals surface area contributed by atoms with Crippen LogP contribution in [0.2, 0.25) is 0 Å². The van der Waals surface area contributed by atoms with Crippen molar-refractivity contribution in [3.05, 3.63) is 21.9 Å². The minimum atomic E-state index is 0.510. The van der Waals surface area contributed by atoms with Crippen molar-refractivity contribution < 1.29 is 0 Å². The second kappa shape index (κ2) is 4.89. The first-order chi connectivity index (χ1) is 7.59. The molecule has 0 bridgehead atoms. The van der Waals surface area contributed by atoms with E-state index in [0.29, 0.717) is 11.5 Å². The van der Waals surface area contributed by atoms with Crippen molar-refractivity contribution in [3.8, 4) is 0 Å². The molecule has 0 spiro atoms. The SMILES string of the molecule is Cc1ccc(C(C)NCC2(C)CCCC2)s1. The molecule has 1 aliphatic carbocycles. The molecule has 1 unspecified atom stereocenters. The second-order valence-corrected chi connectivity index (χ2v) is 6.89. The van der Waals surface area contributed by atoms with Crippen LogP contribution in [0.1, 0.15) is 55.3 Å². The maximum Gasteiger partial charge on any atom is 0.0386 e. The van der Waals surface area contributed by atoms with Crippen LogP contribution in [0.4, 0.5) is 0 Å². The van der Waals surface area contributed by atoms with Crippen LogP contribution in [0.25, 0.3) is 0 Å². The Kier molecular flexibility index (Phi) is 3.70. The molecule has 1 saturated carbocycles. The number of thiophene rings is 1. The van der Waals surface area contributed by atoms with Crippen LogP contribution in [0, 0.1) is 12.3 Å². The molecule has 2 heteroatoms. The number of rotatable bonds is 4. The number of hydrogen-bond acceptors (Lipinski definition) is 2. The van der Waals surface area contributed by atoms with Gasteiger partial charge in [0, 0.05) is 22.3 Å². The molecule has 0 aliphatic heterocycles. The van der Waals surface area contributed by atoms with Gasteiger partial charge in [0.05, 0.1) is 0 Å². The summed E-state index contributed by atoms with van der Waals surface area (Å²) in [4.78, 5) is 2.88. The van der Waals surface area contributed by atoms with E-state index in [1.54, 1.807) is 0 Å². The van der Waals surface area contributed by atoms with Crippen molar-refractivity contribution in [2.75, 3.05) is 6.54 Å². The summed E-state index contributed by atoms with van der Waals surface area (Å²) in [6, 6.07) is 4.99. The van der Waals surface area contributed by atoms with E-state index in [0.717, 1.165) is 0 Å². The smallest absolute Gasteiger partial charge is 0.0386 e. The van der Waals surface area contributed by atoms with Crippen molar-refractivity contribution in [1.29, 1.82) is 0 Å². The minimum absolute atomic E-state index is 0.510. The summed E-state index contributed by atoms with van der Waals surface area (Å²) in [5.74, 6) is 0. The first kappa shape index (κ1) is 12.1. The van der Waals surface area contributed by atoms with Gasteiger partial charge in [0.15, 0.2) is 0 Å². The van der Waals surface area contributed by atoms with Gasteiger partial charge in [-0.25, -0.2) is 0 Å². The Morgan fingerprint density at radius 1 is 1.38 bits per heavy atom. The largest absolute Gasteiger partial charge is 0.309 e. The fraction of sp³-hybridized carbons (Fsp3) is 0.714. The predicted molar refractivity (Wildman–Crippen MR) is 72.0 cm³/mol. The molecular weight excluding hydrogens is 214 g/mol. The van der Waals surface area contributed by atoms with E-state index in [1.165, 1.54) is 42.0 Å². The van der Waals surface area contributed by atoms with Gasteiger partial charge in [0.2, 0.25) is 0 Å². The van der Waals surface area contributed by atoms with Gasteiger partial charge in [-0.3, -0.25) is 0 Å². The zero-order valence-electron chi connectivity index (χ0n) is 10.7. The monoisotopic (exact) mass is 237 g/mol. The van der Waals surface area contributed by atoms with Crippen LogP contribution in [-0.4, -0.2) is 6.54 Å². The molecule has 1 aromatic heterocycles. The highest BCUT2D eigenvalue weighted by Gasteiger charge is 2.28. The van der Waals surface area contributed by atoms with Crippen LogP contribution < -0.4 is 5.32 Å². The van der Waals surface area contributed by atoms with Crippen LogP contribution in [0.5, 0.6) is 0 Å². The standard InChI is InChI=1S/C14H23NS/c1-11-6-7-13(16-11)12(2)15-10-14(3)8-4-5-9-14/h6-7,12,15H,4-5,8-10H2,1-3H3. The van der Waals surface area contributed by atoms with Crippen molar-refractivity contribution in [2.24, 2.45) is 5.41 Å². The highest BCUT2D eigenvalue weighted by Crippen LogP contribution is 2.37. The molecule has 1 nitrogen and oxygen atoms in total. The highest BCUT2D eigenvalue weighted by atomic mass is 32.1. The average Bonchev–Trinajstić information content (AvgIpc) is 2.85. The van der Waals surface area contributed by atoms with Crippen molar-refractivity contribution in [2.45, 2.75) is 52.5 Å². The summed E-state index contributed by atoms with van der Waals surface area (Å²) in [7, 11) is 0. The first-order valence-corrected chi connectivity index (χ1v) is 7.20. The summed E-state index contributed by atoms with van der Waals surface area (Å²) in [6.45, 7) is 8.06. The minimum Gasteiger partial charge on any atom is -0.309 e. The Bertz CT molecular complexity index is 336. The van der Waals surface area contributed by atoms with Gasteiger partial charge in [-0.05, 0) is 44.2 Å². The normalized spacial score (nSPS) is 21.2. The van der Waals surface area contributed by atoms with Gasteiger partial charge in [-0.1, -0.05) is 19.8 Å². The Hall–Kier alpha value is -0.340. The molecule has 90 valence electrons. The van der Waals surface area contributed by atoms with E-state index in [4.69, 9.17) is 0 Å². The lowest BCUT2D eigenvalue weighted by atomic mass is 9.88. The summed E-state index contributed by atoms with van der Waals surface area (Å²) in [5, 5.41) is 3.71. The molecule has 1 aromatic rings. The predicted octanol–water partition coefficient (Wildman–Crippen LogP) is 4.29. The van der Waals surface area contributed by atoms with E-state index in [2.05, 4.69) is 38.2 Å². The van der Waals surface area contributed by atoms with Gasteiger partial charge >= 0.3 is 0 Å². The summed E-state index contributed by atoms with van der Waals surface area (Å²) in [6.07, 6.45) is 5.64. The lowest BCUT2D eigenvalue weighted by Crippen LogP contribution is -2.31. The number of nitrogens with one attached hydrogen (secondary N) is 1.